The third-order valence-electron chi connectivity index (χ3n) is 2.89. The minimum Gasteiger partial charge on any atom is -0.348 e. The summed E-state index contributed by atoms with van der Waals surface area (Å²) in [5, 5.41) is 6.30. The van der Waals surface area contributed by atoms with Gasteiger partial charge in [0.05, 0.1) is 9.75 Å². The van der Waals surface area contributed by atoms with Crippen molar-refractivity contribution in [2.24, 2.45) is 0 Å². The van der Waals surface area contributed by atoms with Crippen molar-refractivity contribution in [3.05, 3.63) is 44.3 Å². The smallest absolute Gasteiger partial charge is 0.261 e. The van der Waals surface area contributed by atoms with Crippen LogP contribution in [0.1, 0.15) is 50.0 Å². The molecule has 110 valence electrons. The van der Waals surface area contributed by atoms with Crippen LogP contribution < -0.4 is 5.32 Å². The molecule has 0 unspecified atom stereocenters. The lowest BCUT2D eigenvalue weighted by atomic mass is 10.1. The Morgan fingerprint density at radius 2 is 2.00 bits per heavy atom. The number of rotatable bonds is 6. The Labute approximate surface area is 130 Å². The maximum atomic E-state index is 12.0. The third-order valence-corrected chi connectivity index (χ3v) is 4.73. The van der Waals surface area contributed by atoms with E-state index in [2.05, 4.69) is 5.32 Å². The van der Waals surface area contributed by atoms with E-state index in [1.807, 2.05) is 11.4 Å². The topological polar surface area (TPSA) is 63.2 Å². The molecule has 2 rings (SSSR count). The summed E-state index contributed by atoms with van der Waals surface area (Å²) in [5.74, 6) is -0.293. The summed E-state index contributed by atoms with van der Waals surface area (Å²) in [6.45, 7) is 3.26. The lowest BCUT2D eigenvalue weighted by Crippen LogP contribution is -2.33. The summed E-state index contributed by atoms with van der Waals surface area (Å²) in [5.41, 5.74) is 0.535. The average molecular weight is 321 g/mol. The van der Waals surface area contributed by atoms with E-state index in [9.17, 15) is 14.4 Å². The van der Waals surface area contributed by atoms with Gasteiger partial charge in [0, 0.05) is 23.4 Å². The predicted molar refractivity (Wildman–Crippen MR) is 84.5 cm³/mol. The predicted octanol–water partition coefficient (Wildman–Crippen LogP) is 3.40. The van der Waals surface area contributed by atoms with Crippen molar-refractivity contribution in [1.29, 1.82) is 0 Å². The highest BCUT2D eigenvalue weighted by Gasteiger charge is 2.17. The second-order valence-corrected chi connectivity index (χ2v) is 6.59. The molecule has 0 aliphatic heterocycles. The minimum absolute atomic E-state index is 0.0217. The second kappa shape index (κ2) is 6.78. The Morgan fingerprint density at radius 1 is 1.24 bits per heavy atom. The number of thiophene rings is 2. The van der Waals surface area contributed by atoms with Gasteiger partial charge in [0.1, 0.15) is 0 Å². The average Bonchev–Trinajstić information content (AvgIpc) is 3.10. The van der Waals surface area contributed by atoms with Gasteiger partial charge in [-0.1, -0.05) is 6.07 Å². The zero-order chi connectivity index (χ0) is 15.4. The SMILES string of the molecule is CC(=O)c1csc(C(=O)N[C@@H](C)CC(=O)c2cccs2)c1. The van der Waals surface area contributed by atoms with Crippen LogP contribution in [0.5, 0.6) is 0 Å². The Balaban J connectivity index is 1.92. The van der Waals surface area contributed by atoms with Crippen LogP contribution in [0.3, 0.4) is 0 Å². The summed E-state index contributed by atoms with van der Waals surface area (Å²) in [7, 11) is 0. The molecule has 1 N–H and O–H groups in total. The number of carbonyl (C=O) groups excluding carboxylic acids is 3. The molecule has 2 heterocycles. The molecule has 0 bridgehead atoms. The number of nitrogens with one attached hydrogen (secondary N) is 1. The Morgan fingerprint density at radius 3 is 2.57 bits per heavy atom. The maximum absolute atomic E-state index is 12.0. The summed E-state index contributed by atoms with van der Waals surface area (Å²) in [4.78, 5) is 36.4. The van der Waals surface area contributed by atoms with E-state index in [1.165, 1.54) is 29.6 Å². The van der Waals surface area contributed by atoms with Crippen LogP contribution >= 0.6 is 22.7 Å². The number of hydrogen-bond acceptors (Lipinski definition) is 5. The molecule has 0 radical (unpaired) electrons. The normalized spacial score (nSPS) is 11.9. The first-order chi connectivity index (χ1) is 9.97. The first-order valence-electron chi connectivity index (χ1n) is 6.44. The quantitative estimate of drug-likeness (QED) is 0.829. The van der Waals surface area contributed by atoms with Gasteiger partial charge in [-0.2, -0.15) is 0 Å². The van der Waals surface area contributed by atoms with Crippen molar-refractivity contribution in [3.8, 4) is 0 Å². The molecule has 0 aromatic carbocycles. The number of hydrogen-bond donors (Lipinski definition) is 1. The number of carbonyl (C=O) groups is 3. The number of amides is 1. The minimum atomic E-state index is -0.255. The molecular formula is C15H15NO3S2. The molecule has 0 saturated heterocycles. The molecule has 0 saturated carbocycles. The van der Waals surface area contributed by atoms with Crippen molar-refractivity contribution in [3.63, 3.8) is 0 Å². The summed E-state index contributed by atoms with van der Waals surface area (Å²) in [6.07, 6.45) is 0.261. The van der Waals surface area contributed by atoms with Gasteiger partial charge >= 0.3 is 0 Å². The zero-order valence-corrected chi connectivity index (χ0v) is 13.3. The Bertz CT molecular complexity index is 658. The molecule has 21 heavy (non-hydrogen) atoms. The monoisotopic (exact) mass is 321 g/mol. The molecule has 0 aliphatic rings. The number of Topliss-reactive ketones (excluding diaryl/α,β-unsaturated/α-hetero) is 2. The third kappa shape index (κ3) is 4.09. The van der Waals surface area contributed by atoms with E-state index in [0.29, 0.717) is 15.3 Å². The Kier molecular flexibility index (Phi) is 5.03. The highest BCUT2D eigenvalue weighted by molar-refractivity contribution is 7.12. The van der Waals surface area contributed by atoms with E-state index >= 15 is 0 Å². The first kappa shape index (κ1) is 15.6. The van der Waals surface area contributed by atoms with Crippen molar-refractivity contribution in [2.45, 2.75) is 26.3 Å². The second-order valence-electron chi connectivity index (χ2n) is 4.73. The summed E-state index contributed by atoms with van der Waals surface area (Å²) < 4.78 is 0. The van der Waals surface area contributed by atoms with Gasteiger partial charge in [0.25, 0.3) is 5.91 Å². The van der Waals surface area contributed by atoms with E-state index in [4.69, 9.17) is 0 Å². The lowest BCUT2D eigenvalue weighted by Gasteiger charge is -2.11. The van der Waals surface area contributed by atoms with Crippen molar-refractivity contribution >= 4 is 40.1 Å². The molecule has 0 fully saturated rings. The van der Waals surface area contributed by atoms with Crippen LogP contribution in [0.4, 0.5) is 0 Å². The van der Waals surface area contributed by atoms with Gasteiger partial charge in [0.2, 0.25) is 0 Å². The highest BCUT2D eigenvalue weighted by Crippen LogP contribution is 2.16. The molecular weight excluding hydrogens is 306 g/mol. The van der Waals surface area contributed by atoms with Crippen LogP contribution in [0.25, 0.3) is 0 Å². The zero-order valence-electron chi connectivity index (χ0n) is 11.7. The van der Waals surface area contributed by atoms with Gasteiger partial charge in [-0.25, -0.2) is 0 Å². The van der Waals surface area contributed by atoms with E-state index < -0.39 is 0 Å². The fourth-order valence-corrected chi connectivity index (χ4v) is 3.33. The highest BCUT2D eigenvalue weighted by atomic mass is 32.1. The molecule has 0 aliphatic carbocycles. The van der Waals surface area contributed by atoms with Crippen molar-refractivity contribution < 1.29 is 14.4 Å². The van der Waals surface area contributed by atoms with Gasteiger partial charge in [-0.3, -0.25) is 14.4 Å². The van der Waals surface area contributed by atoms with Crippen molar-refractivity contribution in [2.75, 3.05) is 0 Å². The van der Waals surface area contributed by atoms with Crippen LogP contribution in [0, 0.1) is 0 Å². The van der Waals surface area contributed by atoms with Gasteiger partial charge in [0.15, 0.2) is 11.6 Å². The molecule has 1 amide bonds. The van der Waals surface area contributed by atoms with Gasteiger partial charge in [-0.15, -0.1) is 22.7 Å². The fraction of sp³-hybridized carbons (Fsp3) is 0.267. The Hall–Kier alpha value is -1.79. The van der Waals surface area contributed by atoms with Crippen LogP contribution in [-0.4, -0.2) is 23.5 Å². The number of ketones is 2. The molecule has 2 aromatic heterocycles. The van der Waals surface area contributed by atoms with E-state index in [-0.39, 0.29) is 29.9 Å². The summed E-state index contributed by atoms with van der Waals surface area (Å²) in [6, 6.07) is 4.93. The van der Waals surface area contributed by atoms with Gasteiger partial charge < -0.3 is 5.32 Å². The fourth-order valence-electron chi connectivity index (χ4n) is 1.80. The van der Waals surface area contributed by atoms with Crippen LogP contribution in [-0.2, 0) is 0 Å². The molecule has 1 atom stereocenters. The van der Waals surface area contributed by atoms with Crippen LogP contribution in [0.15, 0.2) is 29.0 Å². The maximum Gasteiger partial charge on any atom is 0.261 e. The van der Waals surface area contributed by atoms with E-state index in [1.54, 1.807) is 24.4 Å². The summed E-state index contributed by atoms with van der Waals surface area (Å²) >= 11 is 2.63. The van der Waals surface area contributed by atoms with Crippen LogP contribution in [0.2, 0.25) is 0 Å². The lowest BCUT2D eigenvalue weighted by molar-refractivity contribution is 0.0922. The van der Waals surface area contributed by atoms with Gasteiger partial charge in [-0.05, 0) is 31.4 Å². The van der Waals surface area contributed by atoms with E-state index in [0.717, 1.165) is 0 Å². The molecule has 0 spiro atoms. The molecule has 2 aromatic rings. The largest absolute Gasteiger partial charge is 0.348 e. The molecule has 6 heteroatoms. The first-order valence-corrected chi connectivity index (χ1v) is 8.20. The van der Waals surface area contributed by atoms with Crippen molar-refractivity contribution in [1.82, 2.24) is 5.32 Å². The standard InChI is InChI=1S/C15H15NO3S2/c1-9(6-12(18)13-4-3-5-20-13)16-15(19)14-7-11(8-21-14)10(2)17/h3-5,7-9H,6H2,1-2H3,(H,16,19)/t9-/m0/s1. The molecule has 4 nitrogen and oxygen atoms in total.